The summed E-state index contributed by atoms with van der Waals surface area (Å²) in [4.78, 5) is 0. The Morgan fingerprint density at radius 1 is 1.04 bits per heavy atom. The predicted molar refractivity (Wildman–Crippen MR) is 93.2 cm³/mol. The van der Waals surface area contributed by atoms with Gasteiger partial charge in [0.1, 0.15) is 5.82 Å². The van der Waals surface area contributed by atoms with E-state index in [4.69, 9.17) is 0 Å². The van der Waals surface area contributed by atoms with Crippen LogP contribution in [0.15, 0.2) is 36.4 Å². The van der Waals surface area contributed by atoms with Crippen molar-refractivity contribution in [3.8, 4) is 11.1 Å². The summed E-state index contributed by atoms with van der Waals surface area (Å²) < 4.78 is 13.9. The van der Waals surface area contributed by atoms with Crippen molar-refractivity contribution in [2.75, 3.05) is 0 Å². The summed E-state index contributed by atoms with van der Waals surface area (Å²) in [6.07, 6.45) is 4.74. The number of aliphatic hydroxyl groups is 1. The summed E-state index contributed by atoms with van der Waals surface area (Å²) in [5.41, 5.74) is 5.41. The third-order valence-corrected chi connectivity index (χ3v) is 5.16. The number of hydrogen-bond donors (Lipinski definition) is 1. The zero-order chi connectivity index (χ0) is 16.4. The molecule has 1 aliphatic carbocycles. The number of hydrogen-bond acceptors (Lipinski definition) is 1. The first-order chi connectivity index (χ1) is 11.1. The van der Waals surface area contributed by atoms with Crippen molar-refractivity contribution in [1.29, 1.82) is 0 Å². The number of benzene rings is 2. The molecule has 2 aromatic rings. The first kappa shape index (κ1) is 16.2. The van der Waals surface area contributed by atoms with Crippen LogP contribution in [0.25, 0.3) is 11.1 Å². The minimum Gasteiger partial charge on any atom is -0.393 e. The molecule has 1 saturated carbocycles. The van der Waals surface area contributed by atoms with Gasteiger partial charge in [0.15, 0.2) is 0 Å². The van der Waals surface area contributed by atoms with Crippen molar-refractivity contribution >= 4 is 0 Å². The molecule has 1 aliphatic rings. The van der Waals surface area contributed by atoms with Gasteiger partial charge in [0.05, 0.1) is 6.10 Å². The van der Waals surface area contributed by atoms with Crippen LogP contribution in [0.1, 0.15) is 55.2 Å². The fraction of sp³-hybridized carbons (Fsp3) is 0.429. The Morgan fingerprint density at radius 2 is 1.78 bits per heavy atom. The SMILES string of the molecule is CCc1cc(C2CCC(O)CC2)ccc1-c1ccc(C)c(F)c1. The monoisotopic (exact) mass is 312 g/mol. The Kier molecular flexibility index (Phi) is 4.82. The molecule has 1 nitrogen and oxygen atoms in total. The van der Waals surface area contributed by atoms with Gasteiger partial charge in [0.25, 0.3) is 0 Å². The zero-order valence-electron chi connectivity index (χ0n) is 14.0. The van der Waals surface area contributed by atoms with Gasteiger partial charge in [-0.15, -0.1) is 0 Å². The maximum absolute atomic E-state index is 13.9. The molecule has 1 N–H and O–H groups in total. The van der Waals surface area contributed by atoms with Gasteiger partial charge < -0.3 is 5.11 Å². The van der Waals surface area contributed by atoms with Crippen LogP contribution in [0.5, 0.6) is 0 Å². The lowest BCUT2D eigenvalue weighted by molar-refractivity contribution is 0.122. The normalized spacial score (nSPS) is 21.4. The smallest absolute Gasteiger partial charge is 0.126 e. The Hall–Kier alpha value is -1.67. The van der Waals surface area contributed by atoms with Crippen molar-refractivity contribution in [1.82, 2.24) is 0 Å². The Balaban J connectivity index is 1.92. The quantitative estimate of drug-likeness (QED) is 0.806. The van der Waals surface area contributed by atoms with Gasteiger partial charge in [-0.25, -0.2) is 4.39 Å². The number of aryl methyl sites for hydroxylation is 2. The van der Waals surface area contributed by atoms with Crippen LogP contribution in [0, 0.1) is 12.7 Å². The minimum atomic E-state index is -0.144. The third-order valence-electron chi connectivity index (χ3n) is 5.16. The van der Waals surface area contributed by atoms with E-state index in [9.17, 15) is 9.50 Å². The summed E-state index contributed by atoms with van der Waals surface area (Å²) in [7, 11) is 0. The second-order valence-electron chi connectivity index (χ2n) is 6.74. The highest BCUT2D eigenvalue weighted by molar-refractivity contribution is 5.68. The van der Waals surface area contributed by atoms with Crippen LogP contribution in [-0.2, 0) is 6.42 Å². The fourth-order valence-corrected chi connectivity index (χ4v) is 3.61. The third kappa shape index (κ3) is 3.48. The topological polar surface area (TPSA) is 20.2 Å². The molecule has 1 fully saturated rings. The van der Waals surface area contributed by atoms with E-state index in [1.807, 2.05) is 12.1 Å². The fourth-order valence-electron chi connectivity index (χ4n) is 3.61. The largest absolute Gasteiger partial charge is 0.393 e. The van der Waals surface area contributed by atoms with E-state index in [-0.39, 0.29) is 11.9 Å². The van der Waals surface area contributed by atoms with Crippen molar-refractivity contribution < 1.29 is 9.50 Å². The molecular weight excluding hydrogens is 287 g/mol. The molecule has 3 rings (SSSR count). The van der Waals surface area contributed by atoms with E-state index < -0.39 is 0 Å². The molecule has 122 valence electrons. The van der Waals surface area contributed by atoms with Gasteiger partial charge in [0.2, 0.25) is 0 Å². The van der Waals surface area contributed by atoms with E-state index in [0.29, 0.717) is 11.5 Å². The first-order valence-corrected chi connectivity index (χ1v) is 8.66. The van der Waals surface area contributed by atoms with E-state index in [1.54, 1.807) is 13.0 Å². The predicted octanol–water partition coefficient (Wildman–Crippen LogP) is 5.38. The molecule has 2 aromatic carbocycles. The van der Waals surface area contributed by atoms with Crippen molar-refractivity contribution in [3.05, 3.63) is 58.9 Å². The molecule has 0 aliphatic heterocycles. The second-order valence-corrected chi connectivity index (χ2v) is 6.74. The zero-order valence-corrected chi connectivity index (χ0v) is 14.0. The van der Waals surface area contributed by atoms with Gasteiger partial charge >= 0.3 is 0 Å². The lowest BCUT2D eigenvalue weighted by atomic mass is 9.81. The van der Waals surface area contributed by atoms with Crippen LogP contribution >= 0.6 is 0 Å². The molecule has 0 amide bonds. The Labute approximate surface area is 138 Å². The number of aliphatic hydroxyl groups excluding tert-OH is 1. The van der Waals surface area contributed by atoms with Crippen molar-refractivity contribution in [2.45, 2.75) is 58.0 Å². The standard InChI is InChI=1S/C21H25FO/c1-3-15-12-17(16-6-9-19(23)10-7-16)8-11-20(15)18-5-4-14(2)21(22)13-18/h4-5,8,11-13,16,19,23H,3,6-7,9-10H2,1-2H3. The Bertz CT molecular complexity index is 684. The lowest BCUT2D eigenvalue weighted by Gasteiger charge is -2.26. The molecule has 2 heteroatoms. The minimum absolute atomic E-state index is 0.119. The molecule has 0 unspecified atom stereocenters. The molecule has 0 bridgehead atoms. The summed E-state index contributed by atoms with van der Waals surface area (Å²) >= 11 is 0. The van der Waals surface area contributed by atoms with Crippen LogP contribution in [-0.4, -0.2) is 11.2 Å². The van der Waals surface area contributed by atoms with Crippen LogP contribution in [0.4, 0.5) is 4.39 Å². The van der Waals surface area contributed by atoms with E-state index in [2.05, 4.69) is 25.1 Å². The summed E-state index contributed by atoms with van der Waals surface area (Å²) in [5, 5.41) is 9.68. The van der Waals surface area contributed by atoms with E-state index in [1.165, 1.54) is 11.1 Å². The molecule has 0 saturated heterocycles. The average molecular weight is 312 g/mol. The highest BCUT2D eigenvalue weighted by atomic mass is 19.1. The second kappa shape index (κ2) is 6.84. The average Bonchev–Trinajstić information content (AvgIpc) is 2.57. The van der Waals surface area contributed by atoms with Crippen LogP contribution in [0.2, 0.25) is 0 Å². The van der Waals surface area contributed by atoms with Crippen molar-refractivity contribution in [2.24, 2.45) is 0 Å². The van der Waals surface area contributed by atoms with E-state index in [0.717, 1.165) is 43.2 Å². The first-order valence-electron chi connectivity index (χ1n) is 8.66. The lowest BCUT2D eigenvalue weighted by Crippen LogP contribution is -2.17. The van der Waals surface area contributed by atoms with Crippen LogP contribution < -0.4 is 0 Å². The molecule has 0 atom stereocenters. The van der Waals surface area contributed by atoms with Gasteiger partial charge in [-0.2, -0.15) is 0 Å². The highest BCUT2D eigenvalue weighted by Gasteiger charge is 2.21. The highest BCUT2D eigenvalue weighted by Crippen LogP contribution is 2.35. The summed E-state index contributed by atoms with van der Waals surface area (Å²) in [6.45, 7) is 3.94. The molecule has 0 aromatic heterocycles. The van der Waals surface area contributed by atoms with E-state index >= 15 is 0 Å². The van der Waals surface area contributed by atoms with Gasteiger partial charge in [-0.3, -0.25) is 0 Å². The van der Waals surface area contributed by atoms with Gasteiger partial charge in [-0.05, 0) is 78.8 Å². The summed E-state index contributed by atoms with van der Waals surface area (Å²) in [6, 6.07) is 12.1. The Morgan fingerprint density at radius 3 is 2.43 bits per heavy atom. The van der Waals surface area contributed by atoms with Crippen molar-refractivity contribution in [3.63, 3.8) is 0 Å². The maximum atomic E-state index is 13.9. The molecule has 0 heterocycles. The molecule has 0 radical (unpaired) electrons. The molecular formula is C21H25FO. The maximum Gasteiger partial charge on any atom is 0.126 e. The molecule has 0 spiro atoms. The van der Waals surface area contributed by atoms with Crippen LogP contribution in [0.3, 0.4) is 0 Å². The van der Waals surface area contributed by atoms with Gasteiger partial charge in [-0.1, -0.05) is 37.3 Å². The number of halogens is 1. The summed E-state index contributed by atoms with van der Waals surface area (Å²) in [5.74, 6) is 0.405. The molecule has 23 heavy (non-hydrogen) atoms. The van der Waals surface area contributed by atoms with Gasteiger partial charge in [0, 0.05) is 0 Å². The number of rotatable bonds is 3.